The number of hydrogen-bond acceptors (Lipinski definition) is 4. The number of amides is 1. The Kier molecular flexibility index (Phi) is 5.70. The number of nitrogens with one attached hydrogen (secondary N) is 1. The lowest BCUT2D eigenvalue weighted by molar-refractivity contribution is -0.117. The van der Waals surface area contributed by atoms with Gasteiger partial charge in [0, 0.05) is 17.0 Å². The van der Waals surface area contributed by atoms with E-state index in [1.54, 1.807) is 30.1 Å². The molecule has 26 heavy (non-hydrogen) atoms. The van der Waals surface area contributed by atoms with Gasteiger partial charge in [-0.2, -0.15) is 5.26 Å². The molecule has 6 heteroatoms. The second-order valence-electron chi connectivity index (χ2n) is 6.98. The molecular formula is C20H22FN3OS. The number of halogens is 1. The summed E-state index contributed by atoms with van der Waals surface area (Å²) < 4.78 is 13.7. The number of carbonyl (C=O) groups excluding carboxylic acids is 1. The van der Waals surface area contributed by atoms with Crippen molar-refractivity contribution in [2.75, 3.05) is 18.9 Å². The predicted molar refractivity (Wildman–Crippen MR) is 102 cm³/mol. The van der Waals surface area contributed by atoms with Crippen LogP contribution in [0, 0.1) is 23.1 Å². The van der Waals surface area contributed by atoms with E-state index in [1.807, 2.05) is 0 Å². The van der Waals surface area contributed by atoms with Gasteiger partial charge >= 0.3 is 0 Å². The third kappa shape index (κ3) is 4.12. The largest absolute Gasteiger partial charge is 0.315 e. The SMILES string of the molecule is CC1CCc2c(sc(NC(=O)CN(C)Cc3ccccc3F)c2C#N)C1. The summed E-state index contributed by atoms with van der Waals surface area (Å²) in [5.74, 6) is 0.154. The van der Waals surface area contributed by atoms with Crippen LogP contribution in [0.1, 0.15) is 34.9 Å². The maximum absolute atomic E-state index is 13.7. The number of fused-ring (bicyclic) bond motifs is 1. The van der Waals surface area contributed by atoms with Crippen molar-refractivity contribution in [2.24, 2.45) is 5.92 Å². The van der Waals surface area contributed by atoms with Gasteiger partial charge in [-0.15, -0.1) is 11.3 Å². The summed E-state index contributed by atoms with van der Waals surface area (Å²) in [6.07, 6.45) is 2.95. The number of hydrogen-bond donors (Lipinski definition) is 1. The van der Waals surface area contributed by atoms with Crippen LogP contribution in [-0.4, -0.2) is 24.4 Å². The highest BCUT2D eigenvalue weighted by molar-refractivity contribution is 7.16. The fourth-order valence-corrected chi connectivity index (χ4v) is 4.72. The molecule has 0 saturated carbocycles. The van der Waals surface area contributed by atoms with E-state index in [9.17, 15) is 14.4 Å². The van der Waals surface area contributed by atoms with Gasteiger partial charge in [-0.25, -0.2) is 4.39 Å². The third-order valence-corrected chi connectivity index (χ3v) is 5.86. The number of anilines is 1. The van der Waals surface area contributed by atoms with Crippen LogP contribution in [0.3, 0.4) is 0 Å². The number of benzene rings is 1. The van der Waals surface area contributed by atoms with E-state index < -0.39 is 0 Å². The molecule has 1 heterocycles. The Balaban J connectivity index is 1.65. The Morgan fingerprint density at radius 1 is 1.46 bits per heavy atom. The highest BCUT2D eigenvalue weighted by atomic mass is 32.1. The van der Waals surface area contributed by atoms with Crippen molar-refractivity contribution in [1.82, 2.24) is 4.90 Å². The van der Waals surface area contributed by atoms with Crippen LogP contribution in [0.5, 0.6) is 0 Å². The van der Waals surface area contributed by atoms with Crippen LogP contribution in [0.25, 0.3) is 0 Å². The molecule has 0 fully saturated rings. The summed E-state index contributed by atoms with van der Waals surface area (Å²) in [5, 5.41) is 13.0. The fraction of sp³-hybridized carbons (Fsp3) is 0.400. The summed E-state index contributed by atoms with van der Waals surface area (Å²) in [5.41, 5.74) is 2.27. The van der Waals surface area contributed by atoms with Crippen LogP contribution < -0.4 is 5.32 Å². The van der Waals surface area contributed by atoms with Crippen molar-refractivity contribution < 1.29 is 9.18 Å². The van der Waals surface area contributed by atoms with Gasteiger partial charge in [-0.1, -0.05) is 25.1 Å². The first kappa shape index (κ1) is 18.6. The van der Waals surface area contributed by atoms with E-state index in [0.29, 0.717) is 28.6 Å². The molecule has 1 aromatic carbocycles. The lowest BCUT2D eigenvalue weighted by atomic mass is 9.89. The van der Waals surface area contributed by atoms with Gasteiger partial charge in [-0.3, -0.25) is 9.69 Å². The molecule has 1 atom stereocenters. The quantitative estimate of drug-likeness (QED) is 0.866. The molecule has 2 aromatic rings. The standard InChI is InChI=1S/C20H22FN3OS/c1-13-7-8-15-16(10-22)20(26-18(15)9-13)23-19(25)12-24(2)11-14-5-3-4-6-17(14)21/h3-6,13H,7-9,11-12H2,1-2H3,(H,23,25). The van der Waals surface area contributed by atoms with Crippen molar-refractivity contribution in [3.05, 3.63) is 51.7 Å². The molecule has 0 saturated heterocycles. The first-order valence-electron chi connectivity index (χ1n) is 8.74. The molecule has 136 valence electrons. The van der Waals surface area contributed by atoms with Gasteiger partial charge in [0.25, 0.3) is 0 Å². The second-order valence-corrected chi connectivity index (χ2v) is 8.08. The number of nitriles is 1. The number of likely N-dealkylation sites (N-methyl/N-ethyl adjacent to an activating group) is 1. The van der Waals surface area contributed by atoms with Gasteiger partial charge < -0.3 is 5.32 Å². The monoisotopic (exact) mass is 371 g/mol. The smallest absolute Gasteiger partial charge is 0.239 e. The van der Waals surface area contributed by atoms with Crippen molar-refractivity contribution in [3.63, 3.8) is 0 Å². The molecule has 1 amide bonds. The van der Waals surface area contributed by atoms with Crippen LogP contribution in [-0.2, 0) is 24.2 Å². The summed E-state index contributed by atoms with van der Waals surface area (Å²) in [7, 11) is 1.78. The fourth-order valence-electron chi connectivity index (χ4n) is 3.34. The first-order valence-corrected chi connectivity index (χ1v) is 9.56. The van der Waals surface area contributed by atoms with Gasteiger partial charge in [0.1, 0.15) is 16.9 Å². The third-order valence-electron chi connectivity index (χ3n) is 4.69. The second kappa shape index (κ2) is 7.98. The lowest BCUT2D eigenvalue weighted by Gasteiger charge is -2.17. The zero-order chi connectivity index (χ0) is 18.7. The minimum Gasteiger partial charge on any atom is -0.315 e. The molecule has 0 bridgehead atoms. The van der Waals surface area contributed by atoms with Gasteiger partial charge in [-0.05, 0) is 43.9 Å². The van der Waals surface area contributed by atoms with Crippen molar-refractivity contribution >= 4 is 22.2 Å². The van der Waals surface area contributed by atoms with Crippen molar-refractivity contribution in [3.8, 4) is 6.07 Å². The Hall–Kier alpha value is -2.23. The minimum absolute atomic E-state index is 0.137. The van der Waals surface area contributed by atoms with Gasteiger partial charge in [0.15, 0.2) is 0 Å². The molecule has 1 aliphatic carbocycles. The van der Waals surface area contributed by atoms with Crippen molar-refractivity contribution in [2.45, 2.75) is 32.7 Å². The van der Waals surface area contributed by atoms with E-state index in [2.05, 4.69) is 18.3 Å². The molecule has 3 rings (SSSR count). The van der Waals surface area contributed by atoms with Crippen LogP contribution in [0.15, 0.2) is 24.3 Å². The molecule has 0 radical (unpaired) electrons. The predicted octanol–water partition coefficient (Wildman–Crippen LogP) is 3.95. The summed E-state index contributed by atoms with van der Waals surface area (Å²) in [4.78, 5) is 15.4. The molecule has 1 N–H and O–H groups in total. The average Bonchev–Trinajstić information content (AvgIpc) is 2.92. The molecule has 4 nitrogen and oxygen atoms in total. The minimum atomic E-state index is -0.272. The molecule has 0 aliphatic heterocycles. The Morgan fingerprint density at radius 2 is 2.23 bits per heavy atom. The van der Waals surface area contributed by atoms with E-state index in [4.69, 9.17) is 0 Å². The normalized spacial score (nSPS) is 16.2. The summed E-state index contributed by atoms with van der Waals surface area (Å²) in [6, 6.07) is 8.82. The molecular weight excluding hydrogens is 349 g/mol. The first-order chi connectivity index (χ1) is 12.5. The number of rotatable bonds is 5. The Bertz CT molecular complexity index is 855. The number of thiophene rings is 1. The highest BCUT2D eigenvalue weighted by Gasteiger charge is 2.24. The zero-order valence-electron chi connectivity index (χ0n) is 15.0. The molecule has 1 unspecified atom stereocenters. The average molecular weight is 371 g/mol. The molecule has 0 spiro atoms. The van der Waals surface area contributed by atoms with Crippen LogP contribution >= 0.6 is 11.3 Å². The maximum atomic E-state index is 13.7. The van der Waals surface area contributed by atoms with E-state index >= 15 is 0 Å². The summed E-state index contributed by atoms with van der Waals surface area (Å²) in [6.45, 7) is 2.70. The Labute approximate surface area is 157 Å². The van der Waals surface area contributed by atoms with Crippen molar-refractivity contribution in [1.29, 1.82) is 5.26 Å². The Morgan fingerprint density at radius 3 is 2.96 bits per heavy atom. The van der Waals surface area contributed by atoms with E-state index in [-0.39, 0.29) is 18.3 Å². The summed E-state index contributed by atoms with van der Waals surface area (Å²) >= 11 is 1.52. The van der Waals surface area contributed by atoms with Crippen LogP contribution in [0.4, 0.5) is 9.39 Å². The number of carbonyl (C=O) groups is 1. The highest BCUT2D eigenvalue weighted by Crippen LogP contribution is 2.39. The topological polar surface area (TPSA) is 56.1 Å². The molecule has 1 aromatic heterocycles. The zero-order valence-corrected chi connectivity index (χ0v) is 15.8. The van der Waals surface area contributed by atoms with E-state index in [1.165, 1.54) is 22.3 Å². The number of nitrogens with zero attached hydrogens (tertiary/aromatic N) is 2. The van der Waals surface area contributed by atoms with E-state index in [0.717, 1.165) is 24.8 Å². The molecule has 1 aliphatic rings. The van der Waals surface area contributed by atoms with Gasteiger partial charge in [0.05, 0.1) is 12.1 Å². The van der Waals surface area contributed by atoms with Crippen LogP contribution in [0.2, 0.25) is 0 Å². The maximum Gasteiger partial charge on any atom is 0.239 e. The van der Waals surface area contributed by atoms with Gasteiger partial charge in [0.2, 0.25) is 5.91 Å². The lowest BCUT2D eigenvalue weighted by Crippen LogP contribution is -2.30.